The summed E-state index contributed by atoms with van der Waals surface area (Å²) in [4.78, 5) is 0. The van der Waals surface area contributed by atoms with Crippen LogP contribution in [0.2, 0.25) is 0 Å². The van der Waals surface area contributed by atoms with Gasteiger partial charge in [-0.25, -0.2) is 0 Å². The molecule has 0 spiro atoms. The average molecular weight is 368 g/mol. The van der Waals surface area contributed by atoms with E-state index in [9.17, 15) is 0 Å². The van der Waals surface area contributed by atoms with Crippen LogP contribution in [0.15, 0.2) is 0 Å². The Morgan fingerprint density at radius 1 is 0.619 bits per heavy atom. The Labute approximate surface area is 165 Å². The molecule has 6 heteroatoms. The fourth-order valence-corrected chi connectivity index (χ4v) is 4.44. The van der Waals surface area contributed by atoms with E-state index in [4.69, 9.17) is 14.0 Å². The van der Waals surface area contributed by atoms with Crippen molar-refractivity contribution in [3.05, 3.63) is 20.0 Å². The van der Waals surface area contributed by atoms with E-state index in [0.717, 1.165) is 0 Å². The maximum absolute atomic E-state index is 7.50. The summed E-state index contributed by atoms with van der Waals surface area (Å²) in [5, 5.41) is 0. The van der Waals surface area contributed by atoms with Crippen molar-refractivity contribution in [3.63, 3.8) is 0 Å². The average Bonchev–Trinajstić information content (AvgIpc) is 2.52. The topological polar surface area (TPSA) is 59.7 Å². The number of hydrogen-bond donors (Lipinski definition) is 0. The Bertz CT molecular complexity index is 166. The van der Waals surface area contributed by atoms with Gasteiger partial charge in [0.05, 0.1) is 0 Å². The van der Waals surface area contributed by atoms with Gasteiger partial charge in [0.25, 0.3) is 0 Å². The van der Waals surface area contributed by atoms with E-state index in [1.54, 1.807) is 18.5 Å². The molecule has 0 N–H and O–H groups in total. The molecule has 0 aliphatic carbocycles. The molecule has 0 aromatic carbocycles. The van der Waals surface area contributed by atoms with Crippen LogP contribution >= 0.6 is 7.92 Å². The van der Waals surface area contributed by atoms with Crippen LogP contribution in [0.3, 0.4) is 0 Å². The van der Waals surface area contributed by atoms with Gasteiger partial charge >= 0.3 is 33.9 Å². The molecule has 0 bridgehead atoms. The van der Waals surface area contributed by atoms with E-state index in [2.05, 4.69) is 40.7 Å². The van der Waals surface area contributed by atoms with Crippen molar-refractivity contribution in [2.75, 3.05) is 18.5 Å². The molecule has 0 amide bonds. The van der Waals surface area contributed by atoms with E-state index in [-0.39, 0.29) is 46.3 Å². The molecule has 0 rings (SSSR count). The third-order valence-corrected chi connectivity index (χ3v) is 5.33. The molecule has 0 aromatic rings. The fourth-order valence-electron chi connectivity index (χ4n) is 1.48. The largest absolute Gasteiger partial charge is 0 e. The molecule has 21 heavy (non-hydrogen) atoms. The predicted octanol–water partition coefficient (Wildman–Crippen LogP) is 4.37. The van der Waals surface area contributed by atoms with Crippen LogP contribution in [0.25, 0.3) is 0 Å². The quantitative estimate of drug-likeness (QED) is 0.251. The molecule has 3 nitrogen and oxygen atoms in total. The second kappa shape index (κ2) is 49.7. The maximum atomic E-state index is 7.50. The Morgan fingerprint density at radius 3 is 0.952 bits per heavy atom. The van der Waals surface area contributed by atoms with Crippen LogP contribution in [0.1, 0.15) is 59.3 Å². The van der Waals surface area contributed by atoms with Crippen molar-refractivity contribution in [2.45, 2.75) is 59.3 Å². The zero-order valence-electron chi connectivity index (χ0n) is 13.9. The number of rotatable bonds is 9. The molecule has 0 saturated carbocycles. The minimum atomic E-state index is 0. The summed E-state index contributed by atoms with van der Waals surface area (Å²) in [6.07, 6.45) is 13.2. The van der Waals surface area contributed by atoms with Crippen molar-refractivity contribution < 1.29 is 30.7 Å². The van der Waals surface area contributed by atoms with Crippen molar-refractivity contribution >= 4 is 37.5 Å². The Morgan fingerprint density at radius 2 is 0.810 bits per heavy atom. The first-order valence-corrected chi connectivity index (χ1v) is 8.58. The summed E-state index contributed by atoms with van der Waals surface area (Å²) in [5.74, 6) is 0. The molecule has 0 aromatic heterocycles. The van der Waals surface area contributed by atoms with Gasteiger partial charge in [-0.1, -0.05) is 40.0 Å². The third kappa shape index (κ3) is 44.9. The van der Waals surface area contributed by atoms with Crippen LogP contribution in [0.5, 0.6) is 0 Å². The monoisotopic (exact) mass is 368 g/mol. The predicted molar refractivity (Wildman–Crippen MR) is 83.8 cm³/mol. The molecule has 120 valence electrons. The van der Waals surface area contributed by atoms with E-state index in [0.29, 0.717) is 7.92 Å². The maximum Gasteiger partial charge on any atom is 0 e. The van der Waals surface area contributed by atoms with Gasteiger partial charge in [-0.2, -0.15) is 0 Å². The number of unbranched alkanes of at least 4 members (excludes halogenated alkanes) is 3. The van der Waals surface area contributed by atoms with Gasteiger partial charge in [0.1, 0.15) is 0 Å². The van der Waals surface area contributed by atoms with E-state index < -0.39 is 0 Å². The van der Waals surface area contributed by atoms with Crippen LogP contribution < -0.4 is 0 Å². The summed E-state index contributed by atoms with van der Waals surface area (Å²) in [5.41, 5.74) is 0. The molecular formula is C15H27CoNaO3P. The SMILES string of the molecule is CCCCP(CCCC)CCCC.[C-]#[O+].[C-]#[O+].[C-]#[O+].[Co].[Na]. The molecule has 0 saturated heterocycles. The minimum absolute atomic E-state index is 0. The molecule has 0 aliphatic heterocycles. The summed E-state index contributed by atoms with van der Waals surface area (Å²) in [7, 11) is 0.422. The zero-order chi connectivity index (χ0) is 15.9. The number of hydrogen-bond acceptors (Lipinski definition) is 0. The third-order valence-electron chi connectivity index (χ3n) is 2.48. The first kappa shape index (κ1) is 38.0. The van der Waals surface area contributed by atoms with Gasteiger partial charge in [0.15, 0.2) is 0 Å². The first-order chi connectivity index (χ1) is 9.35. The molecule has 0 fully saturated rings. The van der Waals surface area contributed by atoms with Gasteiger partial charge in [-0.15, -0.1) is 7.92 Å². The van der Waals surface area contributed by atoms with Gasteiger partial charge in [0.2, 0.25) is 0 Å². The summed E-state index contributed by atoms with van der Waals surface area (Å²) in [6, 6.07) is 0. The first-order valence-electron chi connectivity index (χ1n) is 6.68. The molecule has 0 aliphatic rings. The minimum Gasteiger partial charge on any atom is 0 e. The van der Waals surface area contributed by atoms with Crippen LogP contribution in [-0.2, 0) is 30.7 Å². The summed E-state index contributed by atoms with van der Waals surface area (Å²) >= 11 is 0. The van der Waals surface area contributed by atoms with Gasteiger partial charge in [-0.3, -0.25) is 0 Å². The Balaban J connectivity index is -0.0000000622. The smallest absolute Gasteiger partial charge is 0 e. The molecular weight excluding hydrogens is 341 g/mol. The molecule has 0 unspecified atom stereocenters. The van der Waals surface area contributed by atoms with Crippen molar-refractivity contribution in [2.24, 2.45) is 0 Å². The van der Waals surface area contributed by atoms with Crippen LogP contribution in [0, 0.1) is 20.0 Å². The molecule has 0 atom stereocenters. The summed E-state index contributed by atoms with van der Waals surface area (Å²) < 4.78 is 22.5. The van der Waals surface area contributed by atoms with Gasteiger partial charge in [-0.05, 0) is 37.7 Å². The molecule has 2 radical (unpaired) electrons. The second-order valence-corrected chi connectivity index (χ2v) is 6.59. The van der Waals surface area contributed by atoms with Crippen LogP contribution in [-0.4, -0.2) is 48.0 Å². The standard InChI is InChI=1S/C12H27P.3CO.Co.Na/c1-4-7-10-13(11-8-5-2)12-9-6-3;3*1-2;;/h4-12H2,1-3H3;;;;;. The van der Waals surface area contributed by atoms with Crippen molar-refractivity contribution in [3.8, 4) is 0 Å². The molecule has 0 heterocycles. The van der Waals surface area contributed by atoms with Crippen molar-refractivity contribution in [1.29, 1.82) is 0 Å². The van der Waals surface area contributed by atoms with E-state index >= 15 is 0 Å². The Hall–Kier alpha value is 1.16. The normalized spacial score (nSPS) is 7.14. The van der Waals surface area contributed by atoms with E-state index in [1.165, 1.54) is 38.5 Å². The Kier molecular flexibility index (Phi) is 89.8. The summed E-state index contributed by atoms with van der Waals surface area (Å²) in [6.45, 7) is 20.4. The van der Waals surface area contributed by atoms with Gasteiger partial charge in [0, 0.05) is 46.3 Å². The van der Waals surface area contributed by atoms with Gasteiger partial charge < -0.3 is 0 Å². The fraction of sp³-hybridized carbons (Fsp3) is 0.800. The second-order valence-electron chi connectivity index (χ2n) is 3.90. The van der Waals surface area contributed by atoms with Crippen LogP contribution in [0.4, 0.5) is 0 Å². The van der Waals surface area contributed by atoms with E-state index in [1.807, 2.05) is 0 Å². The van der Waals surface area contributed by atoms with Crippen molar-refractivity contribution in [1.82, 2.24) is 0 Å². The zero-order valence-corrected chi connectivity index (χ0v) is 17.8.